The van der Waals surface area contributed by atoms with E-state index in [-0.39, 0.29) is 6.04 Å². The molecule has 1 atom stereocenters. The van der Waals surface area contributed by atoms with E-state index in [0.29, 0.717) is 0 Å². The van der Waals surface area contributed by atoms with Crippen molar-refractivity contribution in [2.75, 3.05) is 0 Å². The van der Waals surface area contributed by atoms with E-state index < -0.39 is 0 Å². The molecule has 15 heavy (non-hydrogen) atoms. The maximum Gasteiger partial charge on any atom is 0.0315 e. The number of unbranched alkanes of at least 4 members (excludes halogenated alkanes) is 3. The molecule has 0 aliphatic rings. The molecular formula is C13H20N2. The minimum absolute atomic E-state index is 0.141. The molecule has 1 rings (SSSR count). The van der Waals surface area contributed by atoms with Crippen molar-refractivity contribution in [3.05, 3.63) is 42.7 Å². The van der Waals surface area contributed by atoms with Gasteiger partial charge in [0.25, 0.3) is 0 Å². The molecule has 1 heterocycles. The van der Waals surface area contributed by atoms with E-state index in [1.54, 1.807) is 6.20 Å². The fourth-order valence-electron chi connectivity index (χ4n) is 1.59. The molecule has 1 unspecified atom stereocenters. The third-order valence-electron chi connectivity index (χ3n) is 2.54. The average molecular weight is 204 g/mol. The summed E-state index contributed by atoms with van der Waals surface area (Å²) in [6.07, 6.45) is 11.4. The molecule has 2 nitrogen and oxygen atoms in total. The van der Waals surface area contributed by atoms with Crippen LogP contribution in [0.2, 0.25) is 0 Å². The van der Waals surface area contributed by atoms with Gasteiger partial charge in [0.2, 0.25) is 0 Å². The molecule has 0 aliphatic carbocycles. The van der Waals surface area contributed by atoms with Crippen LogP contribution in [-0.2, 0) is 0 Å². The van der Waals surface area contributed by atoms with Gasteiger partial charge in [-0.1, -0.05) is 25.0 Å². The van der Waals surface area contributed by atoms with Crippen LogP contribution in [0, 0.1) is 0 Å². The second-order valence-corrected chi connectivity index (χ2v) is 3.82. The summed E-state index contributed by atoms with van der Waals surface area (Å²) in [6, 6.07) is 4.12. The molecule has 0 bridgehead atoms. The van der Waals surface area contributed by atoms with Gasteiger partial charge in [-0.3, -0.25) is 4.98 Å². The van der Waals surface area contributed by atoms with Crippen molar-refractivity contribution in [2.45, 2.75) is 38.1 Å². The van der Waals surface area contributed by atoms with Crippen molar-refractivity contribution in [3.63, 3.8) is 0 Å². The normalized spacial score (nSPS) is 12.3. The van der Waals surface area contributed by atoms with Crippen molar-refractivity contribution in [2.24, 2.45) is 5.73 Å². The number of allylic oxidation sites excluding steroid dienone is 1. The summed E-state index contributed by atoms with van der Waals surface area (Å²) in [5.41, 5.74) is 7.19. The van der Waals surface area contributed by atoms with Crippen LogP contribution >= 0.6 is 0 Å². The zero-order chi connectivity index (χ0) is 10.9. The number of nitrogens with two attached hydrogens (primary N) is 1. The fourth-order valence-corrected chi connectivity index (χ4v) is 1.59. The lowest BCUT2D eigenvalue weighted by Gasteiger charge is -2.10. The van der Waals surface area contributed by atoms with Crippen LogP contribution in [0.4, 0.5) is 0 Å². The van der Waals surface area contributed by atoms with Gasteiger partial charge in [-0.15, -0.1) is 6.58 Å². The van der Waals surface area contributed by atoms with E-state index in [1.165, 1.54) is 19.3 Å². The largest absolute Gasteiger partial charge is 0.324 e. The standard InChI is InChI=1S/C13H20N2/c1-2-3-4-5-6-9-13(14)12-8-7-10-15-11-12/h2,7-8,10-11,13H,1,3-6,9,14H2. The Morgan fingerprint density at radius 1 is 1.40 bits per heavy atom. The quantitative estimate of drug-likeness (QED) is 0.547. The topological polar surface area (TPSA) is 38.9 Å². The lowest BCUT2D eigenvalue weighted by Crippen LogP contribution is -2.10. The van der Waals surface area contributed by atoms with Gasteiger partial charge >= 0.3 is 0 Å². The number of rotatable bonds is 7. The van der Waals surface area contributed by atoms with Gasteiger partial charge < -0.3 is 5.73 Å². The van der Waals surface area contributed by atoms with Crippen LogP contribution in [0.15, 0.2) is 37.2 Å². The Bertz CT molecular complexity index is 269. The SMILES string of the molecule is C=CCCCCCC(N)c1cccnc1. The summed E-state index contributed by atoms with van der Waals surface area (Å²) >= 11 is 0. The van der Waals surface area contributed by atoms with Gasteiger partial charge in [0.05, 0.1) is 0 Å². The predicted molar refractivity (Wildman–Crippen MR) is 64.4 cm³/mol. The molecule has 0 fully saturated rings. The Morgan fingerprint density at radius 2 is 2.27 bits per heavy atom. The third kappa shape index (κ3) is 4.75. The Morgan fingerprint density at radius 3 is 2.93 bits per heavy atom. The van der Waals surface area contributed by atoms with Gasteiger partial charge in [-0.25, -0.2) is 0 Å². The highest BCUT2D eigenvalue weighted by Gasteiger charge is 2.04. The van der Waals surface area contributed by atoms with Gasteiger partial charge in [0.1, 0.15) is 0 Å². The molecule has 0 radical (unpaired) electrons. The summed E-state index contributed by atoms with van der Waals surface area (Å²) in [5, 5.41) is 0. The summed E-state index contributed by atoms with van der Waals surface area (Å²) in [4.78, 5) is 4.07. The van der Waals surface area contributed by atoms with E-state index in [1.807, 2.05) is 24.4 Å². The van der Waals surface area contributed by atoms with E-state index in [0.717, 1.165) is 18.4 Å². The lowest BCUT2D eigenvalue weighted by molar-refractivity contribution is 0.571. The summed E-state index contributed by atoms with van der Waals surface area (Å²) in [7, 11) is 0. The maximum absolute atomic E-state index is 6.05. The molecule has 0 spiro atoms. The van der Waals surface area contributed by atoms with Crippen molar-refractivity contribution < 1.29 is 0 Å². The van der Waals surface area contributed by atoms with Crippen molar-refractivity contribution in [1.82, 2.24) is 4.98 Å². The molecule has 1 aromatic rings. The number of aromatic nitrogens is 1. The van der Waals surface area contributed by atoms with E-state index >= 15 is 0 Å². The average Bonchev–Trinajstić information content (AvgIpc) is 2.30. The zero-order valence-electron chi connectivity index (χ0n) is 9.23. The molecule has 82 valence electrons. The molecule has 2 N–H and O–H groups in total. The van der Waals surface area contributed by atoms with Crippen LogP contribution in [0.5, 0.6) is 0 Å². The molecule has 0 saturated carbocycles. The predicted octanol–water partition coefficient (Wildman–Crippen LogP) is 3.22. The Hall–Kier alpha value is -1.15. The van der Waals surface area contributed by atoms with Gasteiger partial charge in [0, 0.05) is 18.4 Å². The molecule has 1 aromatic heterocycles. The van der Waals surface area contributed by atoms with Crippen molar-refractivity contribution >= 4 is 0 Å². The summed E-state index contributed by atoms with van der Waals surface area (Å²) in [6.45, 7) is 3.71. The molecule has 2 heteroatoms. The number of nitrogens with zero attached hydrogens (tertiary/aromatic N) is 1. The first kappa shape index (κ1) is 11.9. The first-order valence-corrected chi connectivity index (χ1v) is 5.61. The van der Waals surface area contributed by atoms with Crippen LogP contribution in [-0.4, -0.2) is 4.98 Å². The molecular weight excluding hydrogens is 184 g/mol. The lowest BCUT2D eigenvalue weighted by atomic mass is 10.0. The van der Waals surface area contributed by atoms with Crippen molar-refractivity contribution in [3.8, 4) is 0 Å². The van der Waals surface area contributed by atoms with Crippen LogP contribution in [0.3, 0.4) is 0 Å². The van der Waals surface area contributed by atoms with Gasteiger partial charge in [-0.2, -0.15) is 0 Å². The number of hydrogen-bond donors (Lipinski definition) is 1. The highest BCUT2D eigenvalue weighted by atomic mass is 14.7. The van der Waals surface area contributed by atoms with Gasteiger partial charge in [0.15, 0.2) is 0 Å². The smallest absolute Gasteiger partial charge is 0.0315 e. The first-order chi connectivity index (χ1) is 7.34. The molecule has 0 aliphatic heterocycles. The molecule has 0 saturated heterocycles. The Kier molecular flexibility index (Phi) is 5.71. The second-order valence-electron chi connectivity index (χ2n) is 3.82. The van der Waals surface area contributed by atoms with E-state index in [9.17, 15) is 0 Å². The van der Waals surface area contributed by atoms with Crippen LogP contribution < -0.4 is 5.73 Å². The summed E-state index contributed by atoms with van der Waals surface area (Å²) < 4.78 is 0. The second kappa shape index (κ2) is 7.18. The van der Waals surface area contributed by atoms with Gasteiger partial charge in [-0.05, 0) is 30.9 Å². The Balaban J connectivity index is 2.19. The van der Waals surface area contributed by atoms with E-state index in [2.05, 4.69) is 11.6 Å². The third-order valence-corrected chi connectivity index (χ3v) is 2.54. The number of pyridine rings is 1. The first-order valence-electron chi connectivity index (χ1n) is 5.61. The zero-order valence-corrected chi connectivity index (χ0v) is 9.23. The Labute approximate surface area is 92.2 Å². The van der Waals surface area contributed by atoms with Crippen molar-refractivity contribution in [1.29, 1.82) is 0 Å². The van der Waals surface area contributed by atoms with E-state index in [4.69, 9.17) is 5.73 Å². The highest BCUT2D eigenvalue weighted by Crippen LogP contribution is 2.16. The summed E-state index contributed by atoms with van der Waals surface area (Å²) in [5.74, 6) is 0. The molecule has 0 amide bonds. The fraction of sp³-hybridized carbons (Fsp3) is 0.462. The molecule has 0 aromatic carbocycles. The minimum Gasteiger partial charge on any atom is -0.324 e. The minimum atomic E-state index is 0.141. The monoisotopic (exact) mass is 204 g/mol. The van der Waals surface area contributed by atoms with Crippen LogP contribution in [0.1, 0.15) is 43.7 Å². The maximum atomic E-state index is 6.05. The number of hydrogen-bond acceptors (Lipinski definition) is 2. The highest BCUT2D eigenvalue weighted by molar-refractivity contribution is 5.12. The van der Waals surface area contributed by atoms with Crippen LogP contribution in [0.25, 0.3) is 0 Å².